The van der Waals surface area contributed by atoms with Crippen molar-refractivity contribution >= 4 is 28.3 Å². The van der Waals surface area contributed by atoms with Gasteiger partial charge in [-0.15, -0.1) is 11.3 Å². The Morgan fingerprint density at radius 2 is 1.95 bits per heavy atom. The number of hydrogen-bond donors (Lipinski definition) is 5. The summed E-state index contributed by atoms with van der Waals surface area (Å²) in [5, 5.41) is 27.6. The molecule has 1 aromatic carbocycles. The highest BCUT2D eigenvalue weighted by Crippen LogP contribution is 2.62. The number of likely N-dealkylation sites (N-methyl/N-ethyl adjacent to an activating group) is 1. The second kappa shape index (κ2) is 10.8. The zero-order valence-corrected chi connectivity index (χ0v) is 22.8. The summed E-state index contributed by atoms with van der Waals surface area (Å²) in [6.45, 7) is 5.32. The number of anilines is 1. The van der Waals surface area contributed by atoms with E-state index in [1.54, 1.807) is 0 Å². The highest BCUT2D eigenvalue weighted by Gasteiger charge is 2.59. The number of aromatic nitrogens is 1. The summed E-state index contributed by atoms with van der Waals surface area (Å²) < 4.78 is 13.3. The molecule has 2 aliphatic carbocycles. The van der Waals surface area contributed by atoms with Crippen LogP contribution in [0.1, 0.15) is 60.0 Å². The van der Waals surface area contributed by atoms with Crippen LogP contribution < -0.4 is 15.5 Å². The van der Waals surface area contributed by atoms with Gasteiger partial charge in [0.05, 0.1) is 45.6 Å². The number of quaternary nitrogens is 1. The number of rotatable bonds is 8. The largest absolute Gasteiger partial charge is 0.396 e. The van der Waals surface area contributed by atoms with Crippen LogP contribution in [0.2, 0.25) is 0 Å². The molecule has 2 aliphatic rings. The minimum Gasteiger partial charge on any atom is -0.396 e. The molecule has 37 heavy (non-hydrogen) atoms. The first-order valence-electron chi connectivity index (χ1n) is 12.9. The number of aliphatic hydroxyl groups is 2. The molecule has 2 aromatic rings. The molecule has 0 saturated heterocycles. The van der Waals surface area contributed by atoms with Gasteiger partial charge in [-0.05, 0) is 54.9 Å². The predicted octanol–water partition coefficient (Wildman–Crippen LogP) is 1.60. The molecular formula is C27H38FN4O4S+. The normalized spacial score (nSPS) is 28.9. The Morgan fingerprint density at radius 1 is 1.24 bits per heavy atom. The molecule has 0 spiro atoms. The Balaban J connectivity index is 1.65. The summed E-state index contributed by atoms with van der Waals surface area (Å²) in [5.41, 5.74) is 0.0587. The summed E-state index contributed by atoms with van der Waals surface area (Å²) in [7, 11) is 4.07. The summed E-state index contributed by atoms with van der Waals surface area (Å²) in [6, 6.07) is 5.32. The van der Waals surface area contributed by atoms with Gasteiger partial charge in [-0.3, -0.25) is 14.9 Å². The number of nitrogens with one attached hydrogen (secondary N) is 3. The first kappa shape index (κ1) is 27.6. The number of fused-ring (bicyclic) bond motifs is 2. The van der Waals surface area contributed by atoms with Crippen LogP contribution in [0.4, 0.5) is 9.52 Å². The zero-order chi connectivity index (χ0) is 27.0. The van der Waals surface area contributed by atoms with Crippen molar-refractivity contribution in [2.45, 2.75) is 51.6 Å². The van der Waals surface area contributed by atoms with Gasteiger partial charge in [0.2, 0.25) is 5.91 Å². The molecule has 202 valence electrons. The summed E-state index contributed by atoms with van der Waals surface area (Å²) >= 11 is 1.37. The molecule has 0 bridgehead atoms. The molecule has 0 radical (unpaired) electrons. The Labute approximate surface area is 221 Å². The highest BCUT2D eigenvalue weighted by molar-refractivity contribution is 7.15. The van der Waals surface area contributed by atoms with Gasteiger partial charge in [-0.2, -0.15) is 0 Å². The van der Waals surface area contributed by atoms with Gasteiger partial charge in [-0.25, -0.2) is 9.37 Å². The van der Waals surface area contributed by atoms with E-state index in [1.807, 2.05) is 21.0 Å². The number of aliphatic hydroxyl groups excluding tert-OH is 2. The van der Waals surface area contributed by atoms with Gasteiger partial charge in [0.1, 0.15) is 5.82 Å². The average Bonchev–Trinajstić information content (AvgIpc) is 3.25. The van der Waals surface area contributed by atoms with Crippen LogP contribution in [-0.4, -0.2) is 66.9 Å². The van der Waals surface area contributed by atoms with E-state index in [1.165, 1.54) is 40.5 Å². The van der Waals surface area contributed by atoms with E-state index in [2.05, 4.69) is 17.6 Å². The van der Waals surface area contributed by atoms with Crippen molar-refractivity contribution in [3.8, 4) is 0 Å². The van der Waals surface area contributed by atoms with Crippen LogP contribution in [0, 0.1) is 22.6 Å². The van der Waals surface area contributed by atoms with E-state index in [0.717, 1.165) is 17.1 Å². The van der Waals surface area contributed by atoms with Crippen molar-refractivity contribution in [1.82, 2.24) is 10.3 Å². The Hall–Kier alpha value is -2.40. The lowest BCUT2D eigenvalue weighted by Crippen LogP contribution is -3.06. The van der Waals surface area contributed by atoms with E-state index < -0.39 is 17.3 Å². The third kappa shape index (κ3) is 5.43. The Bertz CT molecular complexity index is 1140. The Kier molecular flexibility index (Phi) is 8.04. The first-order chi connectivity index (χ1) is 17.5. The Morgan fingerprint density at radius 3 is 2.59 bits per heavy atom. The molecule has 5 N–H and O–H groups in total. The van der Waals surface area contributed by atoms with Crippen molar-refractivity contribution in [2.24, 2.45) is 16.7 Å². The van der Waals surface area contributed by atoms with E-state index in [-0.39, 0.29) is 42.1 Å². The fraction of sp³-hybridized carbons (Fsp3) is 0.593. The van der Waals surface area contributed by atoms with Crippen LogP contribution in [0.15, 0.2) is 24.3 Å². The van der Waals surface area contributed by atoms with Gasteiger partial charge in [0.25, 0.3) is 5.91 Å². The second-order valence-electron chi connectivity index (χ2n) is 11.3. The maximum Gasteiger partial charge on any atom is 0.257 e. The average molecular weight is 534 g/mol. The van der Waals surface area contributed by atoms with Gasteiger partial charge >= 0.3 is 0 Å². The van der Waals surface area contributed by atoms with Gasteiger partial charge in [0, 0.05) is 28.2 Å². The third-order valence-corrected chi connectivity index (χ3v) is 9.57. The maximum atomic E-state index is 13.3. The third-order valence-electron chi connectivity index (χ3n) is 8.56. The minimum absolute atomic E-state index is 0.0548. The molecule has 0 aliphatic heterocycles. The summed E-state index contributed by atoms with van der Waals surface area (Å²) in [4.78, 5) is 32.9. The zero-order valence-electron chi connectivity index (χ0n) is 21.9. The fourth-order valence-corrected chi connectivity index (χ4v) is 7.24. The highest BCUT2D eigenvalue weighted by atomic mass is 32.1. The fourth-order valence-electron chi connectivity index (χ4n) is 6.18. The first-order valence-corrected chi connectivity index (χ1v) is 13.7. The molecule has 2 amide bonds. The summed E-state index contributed by atoms with van der Waals surface area (Å²) in [6.07, 6.45) is 1.46. The molecule has 1 fully saturated rings. The number of benzene rings is 1. The molecule has 1 saturated carbocycles. The molecule has 8 nitrogen and oxygen atoms in total. The van der Waals surface area contributed by atoms with E-state index in [0.29, 0.717) is 36.5 Å². The van der Waals surface area contributed by atoms with Crippen LogP contribution in [0.25, 0.3) is 0 Å². The predicted molar refractivity (Wildman–Crippen MR) is 140 cm³/mol. The summed E-state index contributed by atoms with van der Waals surface area (Å²) in [5.74, 6) is -1.14. The molecule has 1 heterocycles. The van der Waals surface area contributed by atoms with Crippen LogP contribution in [0.5, 0.6) is 0 Å². The van der Waals surface area contributed by atoms with Crippen molar-refractivity contribution in [3.63, 3.8) is 0 Å². The second-order valence-corrected chi connectivity index (χ2v) is 12.4. The maximum absolute atomic E-state index is 13.3. The lowest BCUT2D eigenvalue weighted by Gasteiger charge is -2.58. The number of nitrogens with zero attached hydrogens (tertiary/aromatic N) is 1. The number of amides is 2. The molecule has 5 atom stereocenters. The quantitative estimate of drug-likeness (QED) is 0.354. The smallest absolute Gasteiger partial charge is 0.257 e. The van der Waals surface area contributed by atoms with Gasteiger partial charge < -0.3 is 20.4 Å². The number of carbonyl (C=O) groups is 2. The lowest BCUT2D eigenvalue weighted by molar-refractivity contribution is -0.856. The van der Waals surface area contributed by atoms with Gasteiger partial charge in [0.15, 0.2) is 5.13 Å². The van der Waals surface area contributed by atoms with E-state index >= 15 is 0 Å². The standard InChI is InChI=1S/C27H37FN4O4S/c1-26-10-9-21(34)27(2,15-33)20(26)14-19-23(18(26)13-22(35)29-11-12-32(3)4)30-25(37-19)31-24(36)16-5-7-17(28)8-6-16/h5-8,18,20-21,33-34H,9-15H2,1-4H3,(H,29,35)(H,30,31,36)/p+1/t18-,20+,21-,26+,27+/m1/s1. The van der Waals surface area contributed by atoms with Gasteiger partial charge in [-0.1, -0.05) is 13.8 Å². The van der Waals surface area contributed by atoms with Crippen LogP contribution >= 0.6 is 11.3 Å². The van der Waals surface area contributed by atoms with Crippen LogP contribution in [-0.2, 0) is 11.2 Å². The molecule has 10 heteroatoms. The molecular weight excluding hydrogens is 495 g/mol. The number of thiazole rings is 1. The minimum atomic E-state index is -0.713. The number of carbonyl (C=O) groups excluding carboxylic acids is 2. The van der Waals surface area contributed by atoms with E-state index in [9.17, 15) is 24.2 Å². The van der Waals surface area contributed by atoms with Crippen LogP contribution in [0.3, 0.4) is 0 Å². The number of hydrogen-bond acceptors (Lipinski definition) is 6. The number of halogens is 1. The molecule has 4 rings (SSSR count). The van der Waals surface area contributed by atoms with Crippen molar-refractivity contribution in [1.29, 1.82) is 0 Å². The SMILES string of the molecule is C[NH+](C)CCNC(=O)C[C@@H]1c2nc(NC(=O)c3ccc(F)cc3)sc2C[C@@H]2[C@](C)(CO)[C@H](O)CC[C@]21C. The van der Waals surface area contributed by atoms with Crippen molar-refractivity contribution < 1.29 is 29.1 Å². The topological polar surface area (TPSA) is 116 Å². The molecule has 0 unspecified atom stereocenters. The molecule has 1 aromatic heterocycles. The van der Waals surface area contributed by atoms with Crippen molar-refractivity contribution in [3.05, 3.63) is 46.2 Å². The van der Waals surface area contributed by atoms with E-state index in [4.69, 9.17) is 4.98 Å². The lowest BCUT2D eigenvalue weighted by atomic mass is 9.47. The monoisotopic (exact) mass is 533 g/mol. The van der Waals surface area contributed by atoms with Crippen molar-refractivity contribution in [2.75, 3.05) is 39.1 Å².